The van der Waals surface area contributed by atoms with Crippen LogP contribution in [0.2, 0.25) is 0 Å². The zero-order valence-electron chi connectivity index (χ0n) is 12.3. The standard InChI is InChI=1S/C18H22N2O/c21-13-15-4-1-6-16(10-15)18-8-2-7-17(20-18)11-14-5-3-9-19-12-14/h1-2,4,6-8,10,14,19,21H,3,5,9,11-13H2. The summed E-state index contributed by atoms with van der Waals surface area (Å²) in [5.74, 6) is 0.699. The Morgan fingerprint density at radius 3 is 2.90 bits per heavy atom. The van der Waals surface area contributed by atoms with E-state index in [0.717, 1.165) is 42.0 Å². The molecule has 1 aromatic heterocycles. The first kappa shape index (κ1) is 14.2. The van der Waals surface area contributed by atoms with Gasteiger partial charge in [0.05, 0.1) is 12.3 Å². The summed E-state index contributed by atoms with van der Waals surface area (Å²) in [5, 5.41) is 12.7. The number of aliphatic hydroxyl groups is 1. The molecule has 0 spiro atoms. The molecule has 1 unspecified atom stereocenters. The zero-order valence-corrected chi connectivity index (χ0v) is 12.3. The van der Waals surface area contributed by atoms with Crippen molar-refractivity contribution in [2.24, 2.45) is 5.92 Å². The fraction of sp³-hybridized carbons (Fsp3) is 0.389. The minimum atomic E-state index is 0.0707. The Morgan fingerprint density at radius 1 is 1.19 bits per heavy atom. The lowest BCUT2D eigenvalue weighted by atomic mass is 9.94. The van der Waals surface area contributed by atoms with Crippen LogP contribution in [0.15, 0.2) is 42.5 Å². The van der Waals surface area contributed by atoms with Crippen molar-refractivity contribution >= 4 is 0 Å². The van der Waals surface area contributed by atoms with Crippen molar-refractivity contribution in [2.45, 2.75) is 25.9 Å². The number of rotatable bonds is 4. The maximum absolute atomic E-state index is 9.25. The number of hydrogen-bond acceptors (Lipinski definition) is 3. The molecule has 1 fully saturated rings. The summed E-state index contributed by atoms with van der Waals surface area (Å²) in [6, 6.07) is 14.2. The molecule has 2 N–H and O–H groups in total. The van der Waals surface area contributed by atoms with E-state index in [-0.39, 0.29) is 6.61 Å². The molecule has 1 aliphatic rings. The van der Waals surface area contributed by atoms with Gasteiger partial charge in [0.1, 0.15) is 0 Å². The van der Waals surface area contributed by atoms with Crippen LogP contribution in [0.5, 0.6) is 0 Å². The van der Waals surface area contributed by atoms with E-state index in [9.17, 15) is 5.11 Å². The third-order valence-electron chi connectivity index (χ3n) is 4.11. The summed E-state index contributed by atoms with van der Waals surface area (Å²) in [7, 11) is 0. The predicted octanol–water partition coefficient (Wildman–Crippen LogP) is 2.78. The third kappa shape index (κ3) is 3.69. The average Bonchev–Trinajstić information content (AvgIpc) is 2.56. The molecule has 3 heteroatoms. The van der Waals surface area contributed by atoms with Crippen molar-refractivity contribution in [1.29, 1.82) is 0 Å². The molecule has 3 rings (SSSR count). The number of piperidine rings is 1. The van der Waals surface area contributed by atoms with Crippen molar-refractivity contribution in [3.8, 4) is 11.3 Å². The molecule has 1 saturated heterocycles. The maximum Gasteiger partial charge on any atom is 0.0705 e. The van der Waals surface area contributed by atoms with Gasteiger partial charge in [-0.15, -0.1) is 0 Å². The molecule has 110 valence electrons. The van der Waals surface area contributed by atoms with Gasteiger partial charge in [0, 0.05) is 11.3 Å². The average molecular weight is 282 g/mol. The van der Waals surface area contributed by atoms with Gasteiger partial charge in [-0.25, -0.2) is 0 Å². The molecule has 0 aliphatic carbocycles. The van der Waals surface area contributed by atoms with E-state index in [4.69, 9.17) is 4.98 Å². The van der Waals surface area contributed by atoms with Gasteiger partial charge in [-0.1, -0.05) is 24.3 Å². The van der Waals surface area contributed by atoms with E-state index in [0.29, 0.717) is 5.92 Å². The predicted molar refractivity (Wildman–Crippen MR) is 84.9 cm³/mol. The summed E-state index contributed by atoms with van der Waals surface area (Å²) >= 11 is 0. The molecule has 0 radical (unpaired) electrons. The number of benzene rings is 1. The Bertz CT molecular complexity index is 591. The number of nitrogens with one attached hydrogen (secondary N) is 1. The molecule has 3 nitrogen and oxygen atoms in total. The van der Waals surface area contributed by atoms with E-state index in [1.807, 2.05) is 30.3 Å². The highest BCUT2D eigenvalue weighted by Crippen LogP contribution is 2.21. The maximum atomic E-state index is 9.25. The fourth-order valence-corrected chi connectivity index (χ4v) is 2.98. The highest BCUT2D eigenvalue weighted by Gasteiger charge is 2.14. The molecule has 0 bridgehead atoms. The van der Waals surface area contributed by atoms with Crippen LogP contribution in [0.1, 0.15) is 24.1 Å². The number of pyridine rings is 1. The second-order valence-corrected chi connectivity index (χ2v) is 5.79. The second kappa shape index (κ2) is 6.83. The van der Waals surface area contributed by atoms with Crippen LogP contribution in [0.25, 0.3) is 11.3 Å². The molecular formula is C18H22N2O. The van der Waals surface area contributed by atoms with Crippen molar-refractivity contribution in [1.82, 2.24) is 10.3 Å². The van der Waals surface area contributed by atoms with Crippen molar-refractivity contribution in [3.63, 3.8) is 0 Å². The lowest BCUT2D eigenvalue weighted by molar-refractivity contribution is 0.282. The summed E-state index contributed by atoms with van der Waals surface area (Å²) < 4.78 is 0. The second-order valence-electron chi connectivity index (χ2n) is 5.79. The SMILES string of the molecule is OCc1cccc(-c2cccc(CC3CCCNC3)n2)c1. The number of aliphatic hydroxyl groups excluding tert-OH is 1. The van der Waals surface area contributed by atoms with Crippen molar-refractivity contribution in [2.75, 3.05) is 13.1 Å². The van der Waals surface area contributed by atoms with Crippen LogP contribution in [-0.2, 0) is 13.0 Å². The van der Waals surface area contributed by atoms with E-state index < -0.39 is 0 Å². The van der Waals surface area contributed by atoms with Gasteiger partial charge >= 0.3 is 0 Å². The number of nitrogens with zero attached hydrogens (tertiary/aromatic N) is 1. The monoisotopic (exact) mass is 282 g/mol. The Labute approximate surface area is 126 Å². The van der Waals surface area contributed by atoms with Gasteiger partial charge in [0.2, 0.25) is 0 Å². The highest BCUT2D eigenvalue weighted by atomic mass is 16.3. The van der Waals surface area contributed by atoms with Crippen LogP contribution in [-0.4, -0.2) is 23.2 Å². The summed E-state index contributed by atoms with van der Waals surface area (Å²) in [5.41, 5.74) is 4.16. The quantitative estimate of drug-likeness (QED) is 0.906. The van der Waals surface area contributed by atoms with Gasteiger partial charge in [-0.05, 0) is 62.0 Å². The van der Waals surface area contributed by atoms with Crippen LogP contribution in [0.4, 0.5) is 0 Å². The molecule has 0 saturated carbocycles. The van der Waals surface area contributed by atoms with Crippen LogP contribution in [0.3, 0.4) is 0 Å². The van der Waals surface area contributed by atoms with Crippen molar-refractivity contribution < 1.29 is 5.11 Å². The Balaban J connectivity index is 1.78. The van der Waals surface area contributed by atoms with Gasteiger partial charge in [0.25, 0.3) is 0 Å². The van der Waals surface area contributed by atoms with Crippen LogP contribution in [0, 0.1) is 5.92 Å². The highest BCUT2D eigenvalue weighted by molar-refractivity contribution is 5.60. The molecule has 0 amide bonds. The van der Waals surface area contributed by atoms with Crippen LogP contribution >= 0.6 is 0 Å². The van der Waals surface area contributed by atoms with E-state index in [1.165, 1.54) is 12.8 Å². The molecule has 21 heavy (non-hydrogen) atoms. The third-order valence-corrected chi connectivity index (χ3v) is 4.11. The van der Waals surface area contributed by atoms with E-state index >= 15 is 0 Å². The normalized spacial score (nSPS) is 18.6. The Kier molecular flexibility index (Phi) is 4.63. The first-order chi connectivity index (χ1) is 10.3. The van der Waals surface area contributed by atoms with Gasteiger partial charge in [-0.3, -0.25) is 4.98 Å². The topological polar surface area (TPSA) is 45.1 Å². The molecule has 1 aliphatic heterocycles. The number of aromatic nitrogens is 1. The first-order valence-corrected chi connectivity index (χ1v) is 7.72. The largest absolute Gasteiger partial charge is 0.392 e. The minimum Gasteiger partial charge on any atom is -0.392 e. The van der Waals surface area contributed by atoms with Gasteiger partial charge in [0.15, 0.2) is 0 Å². The molecular weight excluding hydrogens is 260 g/mol. The smallest absolute Gasteiger partial charge is 0.0705 e. The molecule has 1 atom stereocenters. The Morgan fingerprint density at radius 2 is 2.10 bits per heavy atom. The first-order valence-electron chi connectivity index (χ1n) is 7.72. The van der Waals surface area contributed by atoms with Crippen LogP contribution < -0.4 is 5.32 Å². The molecule has 1 aromatic carbocycles. The number of hydrogen-bond donors (Lipinski definition) is 2. The van der Waals surface area contributed by atoms with E-state index in [1.54, 1.807) is 0 Å². The summed E-state index contributed by atoms with van der Waals surface area (Å²) in [6.45, 7) is 2.32. The zero-order chi connectivity index (χ0) is 14.5. The van der Waals surface area contributed by atoms with Crippen molar-refractivity contribution in [3.05, 3.63) is 53.7 Å². The summed E-state index contributed by atoms with van der Waals surface area (Å²) in [6.07, 6.45) is 3.60. The minimum absolute atomic E-state index is 0.0707. The molecule has 2 heterocycles. The lowest BCUT2D eigenvalue weighted by Gasteiger charge is -2.22. The lowest BCUT2D eigenvalue weighted by Crippen LogP contribution is -2.31. The fourth-order valence-electron chi connectivity index (χ4n) is 2.98. The van der Waals surface area contributed by atoms with Gasteiger partial charge < -0.3 is 10.4 Å². The van der Waals surface area contributed by atoms with Gasteiger partial charge in [-0.2, -0.15) is 0 Å². The molecule has 2 aromatic rings. The Hall–Kier alpha value is -1.71. The van der Waals surface area contributed by atoms with E-state index in [2.05, 4.69) is 17.4 Å². The summed E-state index contributed by atoms with van der Waals surface area (Å²) in [4.78, 5) is 4.80.